The fraction of sp³-hybridized carbons (Fsp3) is 0.545. The fourth-order valence-corrected chi connectivity index (χ4v) is 2.22. The average Bonchev–Trinajstić information content (AvgIpc) is 2.38. The molecule has 0 aromatic carbocycles. The summed E-state index contributed by atoms with van der Waals surface area (Å²) in [5.74, 6) is 0.944. The zero-order chi connectivity index (χ0) is 12.3. The number of carbonyl (C=O) groups excluding carboxylic acids is 1. The number of rotatable bonds is 3. The number of halogens is 1. The lowest BCUT2D eigenvalue weighted by Crippen LogP contribution is -2.36. The Morgan fingerprint density at radius 3 is 2.76 bits per heavy atom. The third-order valence-electron chi connectivity index (χ3n) is 3.10. The molecule has 1 aliphatic heterocycles. The highest BCUT2D eigenvalue weighted by Gasteiger charge is 2.22. The molecule has 2 heterocycles. The zero-order valence-corrected chi connectivity index (χ0v) is 10.1. The fourth-order valence-electron chi connectivity index (χ4n) is 2.05. The molecule has 1 fully saturated rings. The summed E-state index contributed by atoms with van der Waals surface area (Å²) in [7, 11) is 0. The van der Waals surface area contributed by atoms with Gasteiger partial charge >= 0.3 is 0 Å². The van der Waals surface area contributed by atoms with Crippen LogP contribution in [0.4, 0.5) is 5.82 Å². The smallest absolute Gasteiger partial charge is 0.156 e. The minimum atomic E-state index is 0.189. The van der Waals surface area contributed by atoms with Gasteiger partial charge in [-0.15, -0.1) is 0 Å². The molecule has 92 valence electrons. The van der Waals surface area contributed by atoms with Crippen LogP contribution in [0.15, 0.2) is 6.33 Å². The van der Waals surface area contributed by atoms with Crippen molar-refractivity contribution in [3.63, 3.8) is 0 Å². The van der Waals surface area contributed by atoms with E-state index in [0.717, 1.165) is 25.9 Å². The molecule has 6 heteroatoms. The van der Waals surface area contributed by atoms with E-state index in [2.05, 4.69) is 9.97 Å². The van der Waals surface area contributed by atoms with Crippen molar-refractivity contribution in [3.8, 4) is 0 Å². The summed E-state index contributed by atoms with van der Waals surface area (Å²) < 4.78 is 0. The van der Waals surface area contributed by atoms with E-state index in [4.69, 9.17) is 16.7 Å². The Morgan fingerprint density at radius 1 is 1.47 bits per heavy atom. The maximum Gasteiger partial charge on any atom is 0.156 e. The third kappa shape index (κ3) is 2.56. The molecule has 0 saturated carbocycles. The number of aliphatic hydroxyl groups is 1. The number of hydrogen-bond acceptors (Lipinski definition) is 5. The second kappa shape index (κ2) is 5.42. The van der Waals surface area contributed by atoms with Crippen molar-refractivity contribution in [1.82, 2.24) is 9.97 Å². The SMILES string of the molecule is O=Cc1c(Cl)ncnc1N1CCC(CO)CC1. The van der Waals surface area contributed by atoms with Crippen molar-refractivity contribution in [2.75, 3.05) is 24.6 Å². The van der Waals surface area contributed by atoms with Crippen LogP contribution in [0.2, 0.25) is 5.15 Å². The van der Waals surface area contributed by atoms with E-state index in [1.165, 1.54) is 6.33 Å². The molecular weight excluding hydrogens is 242 g/mol. The Bertz CT molecular complexity index is 406. The second-order valence-corrected chi connectivity index (χ2v) is 4.49. The summed E-state index contributed by atoms with van der Waals surface area (Å²) in [6, 6.07) is 0. The number of aliphatic hydroxyl groups excluding tert-OH is 1. The monoisotopic (exact) mass is 255 g/mol. The van der Waals surface area contributed by atoms with Crippen LogP contribution in [-0.2, 0) is 0 Å². The van der Waals surface area contributed by atoms with Gasteiger partial charge in [0.15, 0.2) is 6.29 Å². The lowest BCUT2D eigenvalue weighted by molar-refractivity contribution is 0.112. The van der Waals surface area contributed by atoms with Crippen molar-refractivity contribution in [2.24, 2.45) is 5.92 Å². The molecule has 1 aromatic heterocycles. The van der Waals surface area contributed by atoms with Gasteiger partial charge in [-0.2, -0.15) is 0 Å². The van der Waals surface area contributed by atoms with Gasteiger partial charge in [0, 0.05) is 19.7 Å². The minimum absolute atomic E-state index is 0.189. The van der Waals surface area contributed by atoms with Crippen LogP contribution >= 0.6 is 11.6 Å². The summed E-state index contributed by atoms with van der Waals surface area (Å²) in [6.45, 7) is 1.78. The third-order valence-corrected chi connectivity index (χ3v) is 3.41. The van der Waals surface area contributed by atoms with E-state index >= 15 is 0 Å². The van der Waals surface area contributed by atoms with Gasteiger partial charge in [0.2, 0.25) is 0 Å². The van der Waals surface area contributed by atoms with E-state index in [-0.39, 0.29) is 11.8 Å². The number of anilines is 1. The first-order chi connectivity index (χ1) is 8.26. The van der Waals surface area contributed by atoms with Crippen LogP contribution < -0.4 is 4.90 Å². The highest BCUT2D eigenvalue weighted by molar-refractivity contribution is 6.32. The van der Waals surface area contributed by atoms with E-state index in [1.54, 1.807) is 0 Å². The van der Waals surface area contributed by atoms with Crippen LogP contribution in [-0.4, -0.2) is 41.1 Å². The van der Waals surface area contributed by atoms with Gasteiger partial charge in [-0.3, -0.25) is 4.79 Å². The molecule has 2 rings (SSSR count). The minimum Gasteiger partial charge on any atom is -0.396 e. The highest BCUT2D eigenvalue weighted by atomic mass is 35.5. The summed E-state index contributed by atoms with van der Waals surface area (Å²) in [6.07, 6.45) is 3.85. The van der Waals surface area contributed by atoms with Gasteiger partial charge in [-0.05, 0) is 18.8 Å². The largest absolute Gasteiger partial charge is 0.396 e. The highest BCUT2D eigenvalue weighted by Crippen LogP contribution is 2.26. The molecule has 1 N–H and O–H groups in total. The predicted molar refractivity (Wildman–Crippen MR) is 64.5 cm³/mol. The van der Waals surface area contributed by atoms with Crippen molar-refractivity contribution in [3.05, 3.63) is 17.0 Å². The maximum absolute atomic E-state index is 11.0. The summed E-state index contributed by atoms with van der Waals surface area (Å²) in [5.41, 5.74) is 0.344. The second-order valence-electron chi connectivity index (χ2n) is 4.13. The first-order valence-corrected chi connectivity index (χ1v) is 5.95. The van der Waals surface area contributed by atoms with Gasteiger partial charge in [0.1, 0.15) is 17.3 Å². The molecule has 0 radical (unpaired) electrons. The first kappa shape index (κ1) is 12.3. The van der Waals surface area contributed by atoms with Crippen molar-refractivity contribution in [2.45, 2.75) is 12.8 Å². The van der Waals surface area contributed by atoms with E-state index in [9.17, 15) is 4.79 Å². The van der Waals surface area contributed by atoms with Crippen LogP contribution in [0.3, 0.4) is 0 Å². The molecule has 1 saturated heterocycles. The van der Waals surface area contributed by atoms with E-state index < -0.39 is 0 Å². The Kier molecular flexibility index (Phi) is 3.91. The Morgan fingerprint density at radius 2 is 2.18 bits per heavy atom. The Hall–Kier alpha value is -1.20. The molecule has 0 unspecified atom stereocenters. The maximum atomic E-state index is 11.0. The number of aromatic nitrogens is 2. The molecule has 0 atom stereocenters. The standard InChI is InChI=1S/C11H14ClN3O2/c12-10-9(6-17)11(14-7-13-10)15-3-1-8(5-16)2-4-15/h6-8,16H,1-5H2. The van der Waals surface area contributed by atoms with Gasteiger partial charge in [-0.25, -0.2) is 9.97 Å². The van der Waals surface area contributed by atoms with E-state index in [1.807, 2.05) is 4.90 Å². The quantitative estimate of drug-likeness (QED) is 0.648. The van der Waals surface area contributed by atoms with Crippen LogP contribution in [0.5, 0.6) is 0 Å². The Balaban J connectivity index is 2.18. The molecule has 1 aliphatic rings. The first-order valence-electron chi connectivity index (χ1n) is 5.57. The van der Waals surface area contributed by atoms with Gasteiger partial charge in [0.05, 0.1) is 5.56 Å². The van der Waals surface area contributed by atoms with Gasteiger partial charge in [-0.1, -0.05) is 11.6 Å². The lowest BCUT2D eigenvalue weighted by Gasteiger charge is -2.32. The summed E-state index contributed by atoms with van der Waals surface area (Å²) in [4.78, 5) is 20.9. The molecule has 0 amide bonds. The normalized spacial score (nSPS) is 17.2. The molecule has 5 nitrogen and oxygen atoms in total. The van der Waals surface area contributed by atoms with Crippen molar-refractivity contribution >= 4 is 23.7 Å². The predicted octanol–water partition coefficient (Wildman–Crippen LogP) is 1.15. The Labute approximate surface area is 104 Å². The number of nitrogens with zero attached hydrogens (tertiary/aromatic N) is 3. The number of carbonyl (C=O) groups is 1. The molecule has 1 aromatic rings. The van der Waals surface area contributed by atoms with Crippen molar-refractivity contribution < 1.29 is 9.90 Å². The topological polar surface area (TPSA) is 66.3 Å². The van der Waals surface area contributed by atoms with Crippen molar-refractivity contribution in [1.29, 1.82) is 0 Å². The van der Waals surface area contributed by atoms with E-state index in [0.29, 0.717) is 23.6 Å². The van der Waals surface area contributed by atoms with Crippen LogP contribution in [0.1, 0.15) is 23.2 Å². The average molecular weight is 256 g/mol. The lowest BCUT2D eigenvalue weighted by atomic mass is 9.98. The molecule has 0 bridgehead atoms. The number of aldehydes is 1. The summed E-state index contributed by atoms with van der Waals surface area (Å²) >= 11 is 5.86. The zero-order valence-electron chi connectivity index (χ0n) is 9.34. The number of piperidine rings is 1. The number of hydrogen-bond donors (Lipinski definition) is 1. The molecule has 0 aliphatic carbocycles. The van der Waals surface area contributed by atoms with Gasteiger partial charge in [0.25, 0.3) is 0 Å². The molecule has 0 spiro atoms. The molecular formula is C11H14ClN3O2. The van der Waals surface area contributed by atoms with Gasteiger partial charge < -0.3 is 10.0 Å². The molecule has 17 heavy (non-hydrogen) atoms. The van der Waals surface area contributed by atoms with Crippen LogP contribution in [0.25, 0.3) is 0 Å². The summed E-state index contributed by atoms with van der Waals surface area (Å²) in [5, 5.41) is 9.26. The van der Waals surface area contributed by atoms with Crippen LogP contribution in [0, 0.1) is 5.92 Å².